The third-order valence-corrected chi connectivity index (χ3v) is 4.10. The fourth-order valence-electron chi connectivity index (χ4n) is 1.04. The van der Waals surface area contributed by atoms with Crippen LogP contribution in [0.5, 0.6) is 0 Å². The molecule has 0 spiro atoms. The number of hydrogen-bond donors (Lipinski definition) is 2. The van der Waals surface area contributed by atoms with Gasteiger partial charge < -0.3 is 10.2 Å². The summed E-state index contributed by atoms with van der Waals surface area (Å²) in [4.78, 5) is 25.9. The van der Waals surface area contributed by atoms with Crippen molar-refractivity contribution in [2.75, 3.05) is 5.75 Å². The molecule has 1 rings (SSSR count). The molecule has 0 radical (unpaired) electrons. The molecule has 0 saturated carbocycles. The Kier molecular flexibility index (Phi) is 4.75. The number of carboxylic acids is 2. The highest BCUT2D eigenvalue weighted by atomic mass is 32.2. The predicted molar refractivity (Wildman–Crippen MR) is 61.2 cm³/mol. The number of aryl methyl sites for hydroxylation is 2. The first-order valence-electron chi connectivity index (χ1n) is 4.51. The topological polar surface area (TPSA) is 87.5 Å². The summed E-state index contributed by atoms with van der Waals surface area (Å²) in [7, 11) is 0. The quantitative estimate of drug-likeness (QED) is 0.757. The number of carboxylic acid groups (broad SMARTS) is 2. The van der Waals surface area contributed by atoms with Crippen LogP contribution in [0, 0.1) is 6.92 Å². The van der Waals surface area contributed by atoms with Crippen LogP contribution in [0.25, 0.3) is 0 Å². The molecule has 1 heterocycles. The number of aliphatic carboxylic acids is 2. The second kappa shape index (κ2) is 5.86. The third kappa shape index (κ3) is 4.19. The molecule has 0 aliphatic carbocycles. The molecule has 0 bridgehead atoms. The van der Waals surface area contributed by atoms with E-state index in [2.05, 4.69) is 4.98 Å². The molecule has 88 valence electrons. The second-order valence-corrected chi connectivity index (χ2v) is 5.37. The maximum absolute atomic E-state index is 10.4. The minimum atomic E-state index is -0.884. The Hall–Kier alpha value is -1.08. The van der Waals surface area contributed by atoms with Gasteiger partial charge >= 0.3 is 11.9 Å². The van der Waals surface area contributed by atoms with E-state index in [1.165, 1.54) is 11.3 Å². The number of thioether (sulfide) groups is 1. The predicted octanol–water partition coefficient (Wildman–Crippen LogP) is 1.65. The van der Waals surface area contributed by atoms with Gasteiger partial charge in [0.1, 0.15) is 0 Å². The number of aromatic nitrogens is 1. The summed E-state index contributed by atoms with van der Waals surface area (Å²) in [6.45, 7) is 1.80. The largest absolute Gasteiger partial charge is 0.481 e. The molecule has 2 N–H and O–H groups in total. The second-order valence-electron chi connectivity index (χ2n) is 3.06. The van der Waals surface area contributed by atoms with E-state index in [0.29, 0.717) is 10.8 Å². The number of carbonyl (C=O) groups is 2. The molecular weight excluding hydrogens is 250 g/mol. The fourth-order valence-corrected chi connectivity index (χ4v) is 2.99. The Bertz CT molecular complexity index is 402. The van der Waals surface area contributed by atoms with Crippen molar-refractivity contribution < 1.29 is 19.8 Å². The van der Waals surface area contributed by atoms with Crippen LogP contribution in [-0.2, 0) is 16.0 Å². The molecule has 0 unspecified atom stereocenters. The van der Waals surface area contributed by atoms with Gasteiger partial charge in [-0.3, -0.25) is 9.59 Å². The van der Waals surface area contributed by atoms with Crippen LogP contribution >= 0.6 is 23.1 Å². The first kappa shape index (κ1) is 13.0. The molecule has 0 amide bonds. The summed E-state index contributed by atoms with van der Waals surface area (Å²) in [6, 6.07) is 0. The standard InChI is InChI=1S/C9H11NO4S2/c1-5-6(2-3-7(11)12)16-9(10-5)15-4-8(13)14/h2-4H2,1H3,(H,11,12)(H,13,14). The highest BCUT2D eigenvalue weighted by Crippen LogP contribution is 2.27. The average Bonchev–Trinajstić information content (AvgIpc) is 2.53. The highest BCUT2D eigenvalue weighted by molar-refractivity contribution is 8.01. The van der Waals surface area contributed by atoms with E-state index in [9.17, 15) is 9.59 Å². The lowest BCUT2D eigenvalue weighted by Gasteiger charge is -1.93. The van der Waals surface area contributed by atoms with E-state index in [1.807, 2.05) is 0 Å². The highest BCUT2D eigenvalue weighted by Gasteiger charge is 2.10. The molecule has 1 aromatic heterocycles. The molecule has 0 aliphatic rings. The summed E-state index contributed by atoms with van der Waals surface area (Å²) in [6.07, 6.45) is 0.526. The zero-order valence-electron chi connectivity index (χ0n) is 8.60. The normalized spacial score (nSPS) is 10.3. The molecule has 0 fully saturated rings. The van der Waals surface area contributed by atoms with Gasteiger partial charge in [-0.2, -0.15) is 0 Å². The van der Waals surface area contributed by atoms with Crippen LogP contribution in [0.2, 0.25) is 0 Å². The number of nitrogens with zero attached hydrogens (tertiary/aromatic N) is 1. The van der Waals surface area contributed by atoms with Crippen molar-refractivity contribution in [2.24, 2.45) is 0 Å². The SMILES string of the molecule is Cc1nc(SCC(=O)O)sc1CCC(=O)O. The average molecular weight is 261 g/mol. The van der Waals surface area contributed by atoms with Gasteiger partial charge in [-0.15, -0.1) is 11.3 Å². The fraction of sp³-hybridized carbons (Fsp3) is 0.444. The molecule has 0 atom stereocenters. The van der Waals surface area contributed by atoms with E-state index >= 15 is 0 Å². The lowest BCUT2D eigenvalue weighted by Crippen LogP contribution is -1.96. The molecule has 5 nitrogen and oxygen atoms in total. The maximum Gasteiger partial charge on any atom is 0.313 e. The first-order valence-corrected chi connectivity index (χ1v) is 6.32. The zero-order chi connectivity index (χ0) is 12.1. The minimum Gasteiger partial charge on any atom is -0.481 e. The van der Waals surface area contributed by atoms with Gasteiger partial charge in [0.25, 0.3) is 0 Å². The van der Waals surface area contributed by atoms with Crippen molar-refractivity contribution in [1.82, 2.24) is 4.98 Å². The molecule has 0 aromatic carbocycles. The smallest absolute Gasteiger partial charge is 0.313 e. The molecular formula is C9H11NO4S2. The van der Waals surface area contributed by atoms with Crippen LogP contribution in [0.1, 0.15) is 17.0 Å². The van der Waals surface area contributed by atoms with Crippen molar-refractivity contribution in [1.29, 1.82) is 0 Å². The monoisotopic (exact) mass is 261 g/mol. The van der Waals surface area contributed by atoms with Gasteiger partial charge in [0.05, 0.1) is 17.9 Å². The summed E-state index contributed by atoms with van der Waals surface area (Å²) in [5.74, 6) is -1.75. The number of rotatable bonds is 6. The maximum atomic E-state index is 10.4. The van der Waals surface area contributed by atoms with Crippen LogP contribution in [0.3, 0.4) is 0 Å². The Balaban J connectivity index is 2.59. The third-order valence-electron chi connectivity index (χ3n) is 1.76. The van der Waals surface area contributed by atoms with Crippen molar-refractivity contribution in [2.45, 2.75) is 24.1 Å². The van der Waals surface area contributed by atoms with Gasteiger partial charge in [0, 0.05) is 4.88 Å². The van der Waals surface area contributed by atoms with Gasteiger partial charge in [0.15, 0.2) is 4.34 Å². The van der Waals surface area contributed by atoms with Gasteiger partial charge in [-0.1, -0.05) is 11.8 Å². The van der Waals surface area contributed by atoms with Crippen molar-refractivity contribution >= 4 is 35.0 Å². The number of thiazole rings is 1. The van der Waals surface area contributed by atoms with E-state index in [4.69, 9.17) is 10.2 Å². The molecule has 7 heteroatoms. The van der Waals surface area contributed by atoms with Crippen LogP contribution in [-0.4, -0.2) is 32.9 Å². The van der Waals surface area contributed by atoms with E-state index < -0.39 is 11.9 Å². The first-order chi connectivity index (χ1) is 7.49. The zero-order valence-corrected chi connectivity index (χ0v) is 10.2. The lowest BCUT2D eigenvalue weighted by molar-refractivity contribution is -0.137. The lowest BCUT2D eigenvalue weighted by atomic mass is 10.2. The Morgan fingerprint density at radius 3 is 2.62 bits per heavy atom. The molecule has 0 saturated heterocycles. The van der Waals surface area contributed by atoms with Crippen molar-refractivity contribution in [3.63, 3.8) is 0 Å². The van der Waals surface area contributed by atoms with Crippen LogP contribution in [0.4, 0.5) is 0 Å². The van der Waals surface area contributed by atoms with Crippen molar-refractivity contribution in [3.05, 3.63) is 10.6 Å². The van der Waals surface area contributed by atoms with E-state index in [0.717, 1.165) is 22.3 Å². The minimum absolute atomic E-state index is 0.0225. The van der Waals surface area contributed by atoms with Gasteiger partial charge in [0.2, 0.25) is 0 Å². The van der Waals surface area contributed by atoms with Crippen LogP contribution in [0.15, 0.2) is 4.34 Å². The Morgan fingerprint density at radius 2 is 2.06 bits per heavy atom. The van der Waals surface area contributed by atoms with Gasteiger partial charge in [-0.25, -0.2) is 4.98 Å². The Morgan fingerprint density at radius 1 is 1.38 bits per heavy atom. The molecule has 1 aromatic rings. The summed E-state index contributed by atoms with van der Waals surface area (Å²) < 4.78 is 0.681. The Labute approximate surface area is 101 Å². The van der Waals surface area contributed by atoms with E-state index in [-0.39, 0.29) is 12.2 Å². The van der Waals surface area contributed by atoms with Crippen LogP contribution < -0.4 is 0 Å². The van der Waals surface area contributed by atoms with E-state index in [1.54, 1.807) is 6.92 Å². The summed E-state index contributed by atoms with van der Waals surface area (Å²) in [5.41, 5.74) is 0.791. The summed E-state index contributed by atoms with van der Waals surface area (Å²) >= 11 is 2.53. The summed E-state index contributed by atoms with van der Waals surface area (Å²) in [5, 5.41) is 17.1. The number of hydrogen-bond acceptors (Lipinski definition) is 5. The molecule has 0 aliphatic heterocycles. The van der Waals surface area contributed by atoms with Gasteiger partial charge in [-0.05, 0) is 13.3 Å². The van der Waals surface area contributed by atoms with Crippen molar-refractivity contribution in [3.8, 4) is 0 Å². The molecule has 16 heavy (non-hydrogen) atoms.